The summed E-state index contributed by atoms with van der Waals surface area (Å²) in [4.78, 5) is 12.3. The van der Waals surface area contributed by atoms with Crippen molar-refractivity contribution in [3.05, 3.63) is 48.0 Å². The Labute approximate surface area is 147 Å². The molecule has 1 aromatic rings. The van der Waals surface area contributed by atoms with E-state index < -0.39 is 9.96 Å². The second-order valence-electron chi connectivity index (χ2n) is 5.97. The SMILES string of the molecule is C=CCNC(NC(=O)c1ccc(C(C)(C)C)cc1)C(Cl)(Cl)Cl. The number of hydrogen-bond acceptors (Lipinski definition) is 2. The van der Waals surface area contributed by atoms with E-state index in [0.717, 1.165) is 5.56 Å². The zero-order chi connectivity index (χ0) is 17.0. The molecule has 6 heteroatoms. The summed E-state index contributed by atoms with van der Waals surface area (Å²) >= 11 is 17.6. The summed E-state index contributed by atoms with van der Waals surface area (Å²) < 4.78 is -1.66. The summed E-state index contributed by atoms with van der Waals surface area (Å²) in [5.74, 6) is -0.312. The number of carbonyl (C=O) groups is 1. The third-order valence-electron chi connectivity index (χ3n) is 3.08. The average molecular weight is 364 g/mol. The van der Waals surface area contributed by atoms with E-state index in [1.54, 1.807) is 18.2 Å². The number of nitrogens with one attached hydrogen (secondary N) is 2. The zero-order valence-corrected chi connectivity index (χ0v) is 15.2. The molecular formula is C16H21Cl3N2O. The van der Waals surface area contributed by atoms with Gasteiger partial charge in [0.15, 0.2) is 0 Å². The minimum Gasteiger partial charge on any atom is -0.333 e. The second-order valence-corrected chi connectivity index (χ2v) is 8.34. The van der Waals surface area contributed by atoms with Gasteiger partial charge in [0.2, 0.25) is 3.79 Å². The Morgan fingerprint density at radius 2 is 1.77 bits per heavy atom. The van der Waals surface area contributed by atoms with Crippen molar-refractivity contribution >= 4 is 40.7 Å². The van der Waals surface area contributed by atoms with Gasteiger partial charge in [0.25, 0.3) is 5.91 Å². The van der Waals surface area contributed by atoms with Crippen LogP contribution >= 0.6 is 34.8 Å². The first-order chi connectivity index (χ1) is 10.1. The van der Waals surface area contributed by atoms with E-state index in [1.807, 2.05) is 12.1 Å². The summed E-state index contributed by atoms with van der Waals surface area (Å²) in [5.41, 5.74) is 1.68. The topological polar surface area (TPSA) is 41.1 Å². The van der Waals surface area contributed by atoms with E-state index in [9.17, 15) is 4.79 Å². The van der Waals surface area contributed by atoms with Crippen LogP contribution in [0.2, 0.25) is 0 Å². The van der Waals surface area contributed by atoms with Crippen molar-refractivity contribution in [2.24, 2.45) is 0 Å². The first kappa shape index (κ1) is 19.3. The Bertz CT molecular complexity index is 516. The van der Waals surface area contributed by atoms with Crippen LogP contribution in [0.4, 0.5) is 0 Å². The van der Waals surface area contributed by atoms with Crippen LogP contribution in [0.5, 0.6) is 0 Å². The van der Waals surface area contributed by atoms with E-state index in [0.29, 0.717) is 12.1 Å². The molecule has 1 amide bonds. The van der Waals surface area contributed by atoms with Crippen LogP contribution in [-0.4, -0.2) is 22.4 Å². The standard InChI is InChI=1S/C16H21Cl3N2O/c1-5-10-20-14(16(17,18)19)21-13(22)11-6-8-12(9-7-11)15(2,3)4/h5-9,14,20H,1,10H2,2-4H3,(H,21,22). The molecule has 0 saturated heterocycles. The van der Waals surface area contributed by atoms with Gasteiger partial charge in [-0.2, -0.15) is 0 Å². The highest BCUT2D eigenvalue weighted by molar-refractivity contribution is 6.68. The lowest BCUT2D eigenvalue weighted by atomic mass is 9.87. The summed E-state index contributed by atoms with van der Waals surface area (Å²) in [5, 5.41) is 5.57. The number of alkyl halides is 3. The van der Waals surface area contributed by atoms with Crippen molar-refractivity contribution in [3.8, 4) is 0 Å². The molecule has 0 aromatic heterocycles. The molecule has 0 aliphatic heterocycles. The van der Waals surface area contributed by atoms with Crippen LogP contribution in [0.25, 0.3) is 0 Å². The Morgan fingerprint density at radius 1 is 1.23 bits per heavy atom. The maximum Gasteiger partial charge on any atom is 0.252 e. The smallest absolute Gasteiger partial charge is 0.252 e. The number of amides is 1. The second kappa shape index (κ2) is 7.69. The van der Waals surface area contributed by atoms with Gasteiger partial charge in [0.1, 0.15) is 6.17 Å². The molecular weight excluding hydrogens is 343 g/mol. The summed E-state index contributed by atoms with van der Waals surface area (Å²) in [7, 11) is 0. The molecule has 2 N–H and O–H groups in total. The molecule has 1 aromatic carbocycles. The normalized spacial score (nSPS) is 13.5. The molecule has 0 fully saturated rings. The number of halogens is 3. The molecule has 0 saturated carbocycles. The molecule has 122 valence electrons. The molecule has 1 atom stereocenters. The predicted octanol–water partition coefficient (Wildman–Crippen LogP) is 4.19. The Morgan fingerprint density at radius 3 is 2.18 bits per heavy atom. The molecule has 1 unspecified atom stereocenters. The monoisotopic (exact) mass is 362 g/mol. The Kier molecular flexibility index (Phi) is 6.75. The molecule has 0 spiro atoms. The van der Waals surface area contributed by atoms with Crippen LogP contribution in [0, 0.1) is 0 Å². The van der Waals surface area contributed by atoms with Crippen molar-refractivity contribution in [1.82, 2.24) is 10.6 Å². The van der Waals surface area contributed by atoms with Crippen molar-refractivity contribution in [2.75, 3.05) is 6.54 Å². The van der Waals surface area contributed by atoms with Crippen LogP contribution in [-0.2, 0) is 5.41 Å². The lowest BCUT2D eigenvalue weighted by molar-refractivity contribution is 0.0930. The van der Waals surface area contributed by atoms with Crippen molar-refractivity contribution in [1.29, 1.82) is 0 Å². The van der Waals surface area contributed by atoms with E-state index in [1.165, 1.54) is 0 Å². The van der Waals surface area contributed by atoms with Crippen molar-refractivity contribution in [3.63, 3.8) is 0 Å². The van der Waals surface area contributed by atoms with Gasteiger partial charge in [0.05, 0.1) is 0 Å². The fraction of sp³-hybridized carbons (Fsp3) is 0.438. The predicted molar refractivity (Wildman–Crippen MR) is 94.9 cm³/mol. The van der Waals surface area contributed by atoms with Gasteiger partial charge in [0, 0.05) is 12.1 Å². The van der Waals surface area contributed by atoms with E-state index in [-0.39, 0.29) is 11.3 Å². The lowest BCUT2D eigenvalue weighted by Gasteiger charge is -2.26. The van der Waals surface area contributed by atoms with Crippen LogP contribution in [0.3, 0.4) is 0 Å². The van der Waals surface area contributed by atoms with Crippen LogP contribution < -0.4 is 10.6 Å². The molecule has 0 aliphatic rings. The lowest BCUT2D eigenvalue weighted by Crippen LogP contribution is -2.53. The van der Waals surface area contributed by atoms with Gasteiger partial charge >= 0.3 is 0 Å². The van der Waals surface area contributed by atoms with Crippen LogP contribution in [0.1, 0.15) is 36.7 Å². The Balaban J connectivity index is 2.84. The Hall–Kier alpha value is -0.740. The van der Waals surface area contributed by atoms with Gasteiger partial charge in [-0.3, -0.25) is 10.1 Å². The highest BCUT2D eigenvalue weighted by Crippen LogP contribution is 2.29. The maximum atomic E-state index is 12.3. The van der Waals surface area contributed by atoms with E-state index >= 15 is 0 Å². The van der Waals surface area contributed by atoms with Crippen molar-refractivity contribution in [2.45, 2.75) is 36.1 Å². The fourth-order valence-corrected chi connectivity index (χ4v) is 2.18. The fourth-order valence-electron chi connectivity index (χ4n) is 1.79. The summed E-state index contributed by atoms with van der Waals surface area (Å²) in [6.07, 6.45) is 0.804. The van der Waals surface area contributed by atoms with Gasteiger partial charge in [-0.1, -0.05) is 73.8 Å². The highest BCUT2D eigenvalue weighted by Gasteiger charge is 2.33. The molecule has 0 aliphatic carbocycles. The number of carbonyl (C=O) groups excluding carboxylic acids is 1. The number of hydrogen-bond donors (Lipinski definition) is 2. The minimum atomic E-state index is -1.66. The summed E-state index contributed by atoms with van der Waals surface area (Å²) in [6.45, 7) is 10.3. The van der Waals surface area contributed by atoms with Crippen molar-refractivity contribution < 1.29 is 4.79 Å². The minimum absolute atomic E-state index is 0.0284. The quantitative estimate of drug-likeness (QED) is 0.468. The van der Waals surface area contributed by atoms with Crippen LogP contribution in [0.15, 0.2) is 36.9 Å². The van der Waals surface area contributed by atoms with Gasteiger partial charge in [-0.25, -0.2) is 0 Å². The van der Waals surface area contributed by atoms with Gasteiger partial charge in [-0.05, 0) is 23.1 Å². The molecule has 1 rings (SSSR count). The first-order valence-electron chi connectivity index (χ1n) is 6.88. The van der Waals surface area contributed by atoms with E-state index in [4.69, 9.17) is 34.8 Å². The highest BCUT2D eigenvalue weighted by atomic mass is 35.6. The largest absolute Gasteiger partial charge is 0.333 e. The van der Waals surface area contributed by atoms with Gasteiger partial charge in [-0.15, -0.1) is 6.58 Å². The molecule has 22 heavy (non-hydrogen) atoms. The van der Waals surface area contributed by atoms with Gasteiger partial charge < -0.3 is 5.32 Å². The molecule has 3 nitrogen and oxygen atoms in total. The molecule has 0 bridgehead atoms. The third kappa shape index (κ3) is 5.81. The number of rotatable bonds is 5. The molecule has 0 heterocycles. The first-order valence-corrected chi connectivity index (χ1v) is 8.01. The summed E-state index contributed by atoms with van der Waals surface area (Å²) in [6, 6.07) is 7.38. The molecule has 0 radical (unpaired) electrons. The average Bonchev–Trinajstić information content (AvgIpc) is 2.41. The third-order valence-corrected chi connectivity index (χ3v) is 3.74. The zero-order valence-electron chi connectivity index (χ0n) is 12.9. The number of benzene rings is 1. The van der Waals surface area contributed by atoms with E-state index in [2.05, 4.69) is 38.0 Å². The maximum absolute atomic E-state index is 12.3.